The van der Waals surface area contributed by atoms with Crippen LogP contribution in [0.4, 0.5) is 0 Å². The molecule has 1 aliphatic heterocycles. The van der Waals surface area contributed by atoms with Gasteiger partial charge in [0.05, 0.1) is 0 Å². The van der Waals surface area contributed by atoms with Gasteiger partial charge in [-0.2, -0.15) is 0 Å². The van der Waals surface area contributed by atoms with Gasteiger partial charge in [0.2, 0.25) is 0 Å². The third kappa shape index (κ3) is 2.42. The summed E-state index contributed by atoms with van der Waals surface area (Å²) in [4.78, 5) is 24.8. The van der Waals surface area contributed by atoms with E-state index >= 15 is 0 Å². The Kier molecular flexibility index (Phi) is 3.84. The van der Waals surface area contributed by atoms with Crippen LogP contribution in [0.5, 0.6) is 0 Å². The molecular formula is C16H20O4. The average Bonchev–Trinajstić information content (AvgIpc) is 2.44. The van der Waals surface area contributed by atoms with Crippen molar-refractivity contribution in [2.24, 2.45) is 5.41 Å². The number of hydrogen-bond acceptors (Lipinski definition) is 4. The van der Waals surface area contributed by atoms with Gasteiger partial charge >= 0.3 is 11.9 Å². The number of cyclic esters (lactones) is 2. The fraction of sp³-hybridized carbons (Fsp3) is 0.500. The second-order valence-corrected chi connectivity index (χ2v) is 5.36. The van der Waals surface area contributed by atoms with Crippen molar-refractivity contribution in [1.29, 1.82) is 0 Å². The van der Waals surface area contributed by atoms with E-state index in [9.17, 15) is 9.59 Å². The van der Waals surface area contributed by atoms with E-state index in [1.54, 1.807) is 13.8 Å². The summed E-state index contributed by atoms with van der Waals surface area (Å²) in [5.74, 6) is -2.10. The van der Waals surface area contributed by atoms with Gasteiger partial charge in [-0.1, -0.05) is 44.2 Å². The summed E-state index contributed by atoms with van der Waals surface area (Å²) in [6, 6.07) is 9.45. The number of rotatable bonds is 4. The highest BCUT2D eigenvalue weighted by Gasteiger charge is 2.55. The van der Waals surface area contributed by atoms with Crippen molar-refractivity contribution in [2.45, 2.75) is 45.8 Å². The molecule has 0 N–H and O–H groups in total. The van der Waals surface area contributed by atoms with Crippen LogP contribution in [0.3, 0.4) is 0 Å². The Hall–Kier alpha value is -1.84. The fourth-order valence-corrected chi connectivity index (χ4v) is 2.34. The number of hydrogen-bond donors (Lipinski definition) is 0. The SMILES string of the molecule is CCC1(C)OC(=O)C(CC)(Cc2ccccc2)C(=O)O1. The number of ether oxygens (including phenoxy) is 2. The van der Waals surface area contributed by atoms with Crippen LogP contribution >= 0.6 is 0 Å². The third-order valence-corrected chi connectivity index (χ3v) is 3.99. The molecule has 1 heterocycles. The monoisotopic (exact) mass is 276 g/mol. The number of carbonyl (C=O) groups is 2. The first-order chi connectivity index (χ1) is 9.46. The molecule has 20 heavy (non-hydrogen) atoms. The normalized spacial score (nSPS) is 29.8. The predicted octanol–water partition coefficient (Wildman–Crippen LogP) is 2.85. The largest absolute Gasteiger partial charge is 0.422 e. The summed E-state index contributed by atoms with van der Waals surface area (Å²) in [5, 5.41) is 0. The zero-order chi connectivity index (χ0) is 14.8. The van der Waals surface area contributed by atoms with Crippen LogP contribution in [0.15, 0.2) is 30.3 Å². The molecule has 4 nitrogen and oxygen atoms in total. The molecule has 0 bridgehead atoms. The summed E-state index contributed by atoms with van der Waals surface area (Å²) in [7, 11) is 0. The minimum absolute atomic E-state index is 0.307. The Morgan fingerprint density at radius 2 is 1.50 bits per heavy atom. The first-order valence-electron chi connectivity index (χ1n) is 6.96. The molecule has 0 aliphatic carbocycles. The van der Waals surface area contributed by atoms with E-state index in [-0.39, 0.29) is 0 Å². The minimum atomic E-state index is -1.23. The van der Waals surface area contributed by atoms with Gasteiger partial charge in [0, 0.05) is 13.3 Å². The van der Waals surface area contributed by atoms with Crippen LogP contribution in [-0.4, -0.2) is 17.7 Å². The van der Waals surface area contributed by atoms with Crippen LogP contribution in [-0.2, 0) is 25.5 Å². The van der Waals surface area contributed by atoms with Gasteiger partial charge in [0.1, 0.15) is 0 Å². The maximum atomic E-state index is 12.4. The molecular weight excluding hydrogens is 256 g/mol. The zero-order valence-electron chi connectivity index (χ0n) is 12.1. The van der Waals surface area contributed by atoms with Gasteiger partial charge in [-0.3, -0.25) is 9.59 Å². The second kappa shape index (κ2) is 5.27. The Morgan fingerprint density at radius 1 is 0.950 bits per heavy atom. The van der Waals surface area contributed by atoms with Crippen LogP contribution in [0.2, 0.25) is 0 Å². The smallest absolute Gasteiger partial charge is 0.327 e. The van der Waals surface area contributed by atoms with Gasteiger partial charge < -0.3 is 9.47 Å². The molecule has 1 fully saturated rings. The summed E-state index contributed by atoms with van der Waals surface area (Å²) in [5.41, 5.74) is -0.306. The van der Waals surface area contributed by atoms with Crippen molar-refractivity contribution in [3.63, 3.8) is 0 Å². The number of benzene rings is 1. The van der Waals surface area contributed by atoms with Gasteiger partial charge in [-0.15, -0.1) is 0 Å². The van der Waals surface area contributed by atoms with Crippen LogP contribution in [0.25, 0.3) is 0 Å². The molecule has 4 heteroatoms. The molecule has 0 spiro atoms. The minimum Gasteiger partial charge on any atom is -0.422 e. The molecule has 0 unspecified atom stereocenters. The summed E-state index contributed by atoms with van der Waals surface area (Å²) in [6.07, 6.45) is 1.11. The van der Waals surface area contributed by atoms with Crippen molar-refractivity contribution in [2.75, 3.05) is 0 Å². The third-order valence-electron chi connectivity index (χ3n) is 3.99. The van der Waals surface area contributed by atoms with Crippen molar-refractivity contribution in [3.05, 3.63) is 35.9 Å². The van der Waals surface area contributed by atoms with E-state index in [0.717, 1.165) is 5.56 Å². The Balaban J connectivity index is 2.31. The van der Waals surface area contributed by atoms with E-state index < -0.39 is 23.1 Å². The summed E-state index contributed by atoms with van der Waals surface area (Å²) in [6.45, 7) is 5.24. The highest BCUT2D eigenvalue weighted by Crippen LogP contribution is 2.39. The van der Waals surface area contributed by atoms with Crippen LogP contribution in [0.1, 0.15) is 39.2 Å². The molecule has 1 aromatic carbocycles. The van der Waals surface area contributed by atoms with Crippen LogP contribution in [0, 0.1) is 5.41 Å². The Morgan fingerprint density at radius 3 is 1.95 bits per heavy atom. The van der Waals surface area contributed by atoms with E-state index in [0.29, 0.717) is 19.3 Å². The fourth-order valence-electron chi connectivity index (χ4n) is 2.34. The van der Waals surface area contributed by atoms with Crippen molar-refractivity contribution >= 4 is 11.9 Å². The Labute approximate surface area is 119 Å². The highest BCUT2D eigenvalue weighted by molar-refractivity contribution is 6.02. The quantitative estimate of drug-likeness (QED) is 0.627. The predicted molar refractivity (Wildman–Crippen MR) is 73.8 cm³/mol. The van der Waals surface area contributed by atoms with Crippen molar-refractivity contribution < 1.29 is 19.1 Å². The summed E-state index contributed by atoms with van der Waals surface area (Å²) < 4.78 is 10.8. The van der Waals surface area contributed by atoms with Gasteiger partial charge in [0.25, 0.3) is 5.79 Å². The van der Waals surface area contributed by atoms with E-state index in [1.165, 1.54) is 0 Å². The van der Waals surface area contributed by atoms with E-state index in [2.05, 4.69) is 0 Å². The first kappa shape index (κ1) is 14.6. The first-order valence-corrected chi connectivity index (χ1v) is 6.96. The summed E-state index contributed by atoms with van der Waals surface area (Å²) >= 11 is 0. The highest BCUT2D eigenvalue weighted by atomic mass is 16.7. The lowest BCUT2D eigenvalue weighted by atomic mass is 9.78. The molecule has 0 radical (unpaired) electrons. The molecule has 2 rings (SSSR count). The molecule has 0 amide bonds. The lowest BCUT2D eigenvalue weighted by Gasteiger charge is -2.41. The molecule has 0 atom stereocenters. The van der Waals surface area contributed by atoms with Crippen LogP contribution < -0.4 is 0 Å². The van der Waals surface area contributed by atoms with Crippen molar-refractivity contribution in [3.8, 4) is 0 Å². The lowest BCUT2D eigenvalue weighted by Crippen LogP contribution is -2.55. The Bertz CT molecular complexity index is 488. The molecule has 1 aliphatic rings. The molecule has 1 aromatic rings. The molecule has 108 valence electrons. The van der Waals surface area contributed by atoms with E-state index in [1.807, 2.05) is 37.3 Å². The number of esters is 2. The molecule has 0 aromatic heterocycles. The topological polar surface area (TPSA) is 52.6 Å². The maximum absolute atomic E-state index is 12.4. The standard InChI is InChI=1S/C16H20O4/c1-4-15(3)19-13(17)16(5-2,14(18)20-15)11-12-9-7-6-8-10-12/h6-10H,4-5,11H2,1-3H3. The molecule has 0 saturated carbocycles. The molecule has 1 saturated heterocycles. The lowest BCUT2D eigenvalue weighted by molar-refractivity contribution is -0.257. The van der Waals surface area contributed by atoms with E-state index in [4.69, 9.17) is 9.47 Å². The van der Waals surface area contributed by atoms with Gasteiger partial charge in [-0.05, 0) is 18.4 Å². The average molecular weight is 276 g/mol. The maximum Gasteiger partial charge on any atom is 0.327 e. The van der Waals surface area contributed by atoms with Gasteiger partial charge in [0.15, 0.2) is 5.41 Å². The zero-order valence-corrected chi connectivity index (χ0v) is 12.1. The second-order valence-electron chi connectivity index (χ2n) is 5.36. The van der Waals surface area contributed by atoms with Gasteiger partial charge in [-0.25, -0.2) is 0 Å². The number of carbonyl (C=O) groups excluding carboxylic acids is 2. The van der Waals surface area contributed by atoms with Crippen molar-refractivity contribution in [1.82, 2.24) is 0 Å².